The minimum absolute atomic E-state index is 0.0501. The highest BCUT2D eigenvalue weighted by Crippen LogP contribution is 2.37. The van der Waals surface area contributed by atoms with Crippen LogP contribution in [0.3, 0.4) is 0 Å². The van der Waals surface area contributed by atoms with Crippen LogP contribution in [0.1, 0.15) is 72.4 Å². The lowest BCUT2D eigenvalue weighted by Crippen LogP contribution is -2.23. The molecule has 1 fully saturated rings. The first-order valence-corrected chi connectivity index (χ1v) is 15.2. The largest absolute Gasteiger partial charge is 0.369 e. The van der Waals surface area contributed by atoms with Crippen LogP contribution in [-0.2, 0) is 4.74 Å². The maximum atomic E-state index is 16.3. The molecule has 1 saturated heterocycles. The molecule has 13 heteroatoms. The van der Waals surface area contributed by atoms with E-state index in [0.29, 0.717) is 23.4 Å². The predicted octanol–water partition coefficient (Wildman–Crippen LogP) is 6.22. The maximum absolute atomic E-state index is 16.3. The van der Waals surface area contributed by atoms with E-state index in [-0.39, 0.29) is 34.9 Å². The number of hydrogen-bond acceptors (Lipinski definition) is 10. The van der Waals surface area contributed by atoms with Crippen LogP contribution >= 0.6 is 0 Å². The molecule has 0 bridgehead atoms. The summed E-state index contributed by atoms with van der Waals surface area (Å²) < 4.78 is 24.1. The third-order valence-corrected chi connectivity index (χ3v) is 8.18. The minimum Gasteiger partial charge on any atom is -0.356 e. The monoisotopic (exact) mass is 621 g/mol. The molecular weight excluding hydrogens is 589 g/mol. The molecular formula is C33H32FN9O3. The lowest BCUT2D eigenvalue weighted by Gasteiger charge is -2.23. The number of carbonyl (C=O) groups is 1. The molecule has 0 amide bonds. The quantitative estimate of drug-likeness (QED) is 0.205. The van der Waals surface area contributed by atoms with Gasteiger partial charge >= 0.3 is 5.97 Å². The summed E-state index contributed by atoms with van der Waals surface area (Å²) in [5.74, 6) is -1.46. The predicted molar refractivity (Wildman–Crippen MR) is 169 cm³/mol. The van der Waals surface area contributed by atoms with Crippen LogP contribution in [0.4, 0.5) is 15.9 Å². The first kappa shape index (κ1) is 29.4. The van der Waals surface area contributed by atoms with Crippen LogP contribution in [0.5, 0.6) is 0 Å². The number of aromatic nitrogens is 8. The van der Waals surface area contributed by atoms with E-state index in [1.165, 1.54) is 6.20 Å². The molecule has 1 atom stereocenters. The molecule has 0 spiro atoms. The van der Waals surface area contributed by atoms with Gasteiger partial charge in [-0.05, 0) is 90.5 Å². The number of fused-ring (bicyclic) bond motifs is 2. The van der Waals surface area contributed by atoms with E-state index in [1.54, 1.807) is 24.5 Å². The number of hydrogen-bond donors (Lipinski definition) is 1. The Kier molecular flexibility index (Phi) is 7.61. The zero-order chi connectivity index (χ0) is 31.9. The Labute approximate surface area is 263 Å². The number of carbonyl (C=O) groups excluding carboxylic acids is 1. The van der Waals surface area contributed by atoms with Gasteiger partial charge in [0.05, 0.1) is 23.1 Å². The van der Waals surface area contributed by atoms with Crippen LogP contribution in [0.2, 0.25) is 0 Å². The summed E-state index contributed by atoms with van der Waals surface area (Å²) in [6.45, 7) is 8.53. The maximum Gasteiger partial charge on any atom is 0.369 e. The summed E-state index contributed by atoms with van der Waals surface area (Å²) in [5, 5.41) is 16.6. The Bertz CT molecular complexity index is 2100. The van der Waals surface area contributed by atoms with Crippen molar-refractivity contribution < 1.29 is 18.8 Å². The number of anilines is 2. The summed E-state index contributed by atoms with van der Waals surface area (Å²) >= 11 is 0. The molecule has 1 N–H and O–H groups in total. The number of aryl methyl sites for hydroxylation is 2. The van der Waals surface area contributed by atoms with Gasteiger partial charge in [0.15, 0.2) is 12.0 Å². The topological polar surface area (TPSA) is 135 Å². The second-order valence-electron chi connectivity index (χ2n) is 11.7. The SMILES string of the molecule is Cc1ccnc(C(C)C)c1Nc1nc(-c2c(C)ccc3c2cnn3C2CCCCO2)c(F)cc1C(=O)On1nnc2cccnc21. The van der Waals surface area contributed by atoms with Crippen molar-refractivity contribution in [2.45, 2.75) is 59.1 Å². The Hall–Kier alpha value is -5.30. The standard InChI is InChI=1S/C33H32FN9O3/c1-18(2)28-29(20(4)12-14-35-28)38-31-21(33(44)46-43-32-24(40-41-43)8-7-13-36-32)16-23(34)30(39-31)27-19(3)10-11-25-22(27)17-37-42(25)26-9-5-6-15-45-26/h7-8,10-14,16-18,26H,5-6,9,15H2,1-4H3,(H,38,39). The van der Waals surface area contributed by atoms with E-state index < -0.39 is 11.8 Å². The van der Waals surface area contributed by atoms with Crippen LogP contribution in [0.15, 0.2) is 55.0 Å². The molecule has 7 rings (SSSR count). The molecule has 1 aromatic carbocycles. The third kappa shape index (κ3) is 5.21. The highest BCUT2D eigenvalue weighted by Gasteiger charge is 2.27. The Morgan fingerprint density at radius 3 is 2.78 bits per heavy atom. The van der Waals surface area contributed by atoms with Crippen LogP contribution in [0, 0.1) is 19.7 Å². The summed E-state index contributed by atoms with van der Waals surface area (Å²) in [6, 6.07) is 10.3. The first-order chi connectivity index (χ1) is 22.3. The van der Waals surface area contributed by atoms with E-state index in [1.807, 2.05) is 50.6 Å². The normalized spacial score (nSPS) is 15.1. The van der Waals surface area contributed by atoms with Gasteiger partial charge in [-0.3, -0.25) is 4.98 Å². The number of nitrogens with one attached hydrogen (secondary N) is 1. The second-order valence-corrected chi connectivity index (χ2v) is 11.7. The van der Waals surface area contributed by atoms with Crippen molar-refractivity contribution in [1.29, 1.82) is 0 Å². The first-order valence-electron chi connectivity index (χ1n) is 15.2. The van der Waals surface area contributed by atoms with Crippen LogP contribution in [-0.4, -0.2) is 52.5 Å². The van der Waals surface area contributed by atoms with Gasteiger partial charge in [0.25, 0.3) is 0 Å². The van der Waals surface area contributed by atoms with E-state index in [2.05, 4.69) is 30.7 Å². The lowest BCUT2D eigenvalue weighted by molar-refractivity contribution is -0.0366. The summed E-state index contributed by atoms with van der Waals surface area (Å²) in [4.78, 5) is 33.7. The Morgan fingerprint density at radius 1 is 1.11 bits per heavy atom. The van der Waals surface area contributed by atoms with Gasteiger partial charge in [0.1, 0.15) is 22.6 Å². The van der Waals surface area contributed by atoms with E-state index in [4.69, 9.17) is 14.6 Å². The minimum atomic E-state index is -0.900. The molecule has 6 heterocycles. The van der Waals surface area contributed by atoms with Crippen molar-refractivity contribution in [3.8, 4) is 11.3 Å². The fourth-order valence-corrected chi connectivity index (χ4v) is 5.84. The van der Waals surface area contributed by atoms with Crippen molar-refractivity contribution in [3.63, 3.8) is 0 Å². The van der Waals surface area contributed by atoms with Crippen LogP contribution in [0.25, 0.3) is 33.3 Å². The van der Waals surface area contributed by atoms with Gasteiger partial charge in [-0.15, -0.1) is 5.10 Å². The number of benzene rings is 1. The number of pyridine rings is 3. The van der Waals surface area contributed by atoms with E-state index in [0.717, 1.165) is 57.9 Å². The Morgan fingerprint density at radius 2 is 1.98 bits per heavy atom. The smallest absolute Gasteiger partial charge is 0.356 e. The molecule has 46 heavy (non-hydrogen) atoms. The fraction of sp³-hybridized carbons (Fsp3) is 0.303. The second kappa shape index (κ2) is 11.9. The highest BCUT2D eigenvalue weighted by molar-refractivity contribution is 5.99. The summed E-state index contributed by atoms with van der Waals surface area (Å²) in [6.07, 6.45) is 7.68. The van der Waals surface area contributed by atoms with E-state index >= 15 is 4.39 Å². The Balaban J connectivity index is 1.37. The molecule has 0 saturated carbocycles. The van der Waals surface area contributed by atoms with Gasteiger partial charge in [-0.2, -0.15) is 5.10 Å². The lowest BCUT2D eigenvalue weighted by atomic mass is 9.99. The molecule has 12 nitrogen and oxygen atoms in total. The average Bonchev–Trinajstić information content (AvgIpc) is 3.67. The van der Waals surface area contributed by atoms with Crippen LogP contribution < -0.4 is 10.2 Å². The number of ether oxygens (including phenoxy) is 1. The zero-order valence-electron chi connectivity index (χ0n) is 25.9. The van der Waals surface area contributed by atoms with Gasteiger partial charge in [-0.25, -0.2) is 23.8 Å². The summed E-state index contributed by atoms with van der Waals surface area (Å²) in [5.41, 5.74) is 5.08. The van der Waals surface area contributed by atoms with Gasteiger partial charge in [0.2, 0.25) is 5.65 Å². The van der Waals surface area contributed by atoms with Crippen molar-refractivity contribution in [2.24, 2.45) is 0 Å². The third-order valence-electron chi connectivity index (χ3n) is 8.18. The molecule has 234 valence electrons. The molecule has 1 aliphatic rings. The van der Waals surface area contributed by atoms with E-state index in [9.17, 15) is 4.79 Å². The molecule has 1 unspecified atom stereocenters. The van der Waals surface area contributed by atoms with Crippen molar-refractivity contribution in [1.82, 2.24) is 39.9 Å². The highest BCUT2D eigenvalue weighted by atomic mass is 19.1. The van der Waals surface area contributed by atoms with Gasteiger partial charge in [-0.1, -0.05) is 19.9 Å². The number of rotatable bonds is 7. The summed E-state index contributed by atoms with van der Waals surface area (Å²) in [7, 11) is 0. The van der Waals surface area contributed by atoms with Gasteiger partial charge in [0, 0.05) is 30.0 Å². The molecule has 5 aromatic heterocycles. The van der Waals surface area contributed by atoms with Crippen molar-refractivity contribution >= 4 is 39.5 Å². The number of halogens is 1. The van der Waals surface area contributed by atoms with Gasteiger partial charge < -0.3 is 14.9 Å². The molecule has 0 aliphatic carbocycles. The zero-order valence-corrected chi connectivity index (χ0v) is 25.9. The number of nitrogens with zero attached hydrogens (tertiary/aromatic N) is 8. The molecule has 0 radical (unpaired) electrons. The average molecular weight is 622 g/mol. The van der Waals surface area contributed by atoms with Crippen molar-refractivity contribution in [3.05, 3.63) is 83.2 Å². The van der Waals surface area contributed by atoms with Crippen molar-refractivity contribution in [2.75, 3.05) is 11.9 Å². The molecule has 1 aliphatic heterocycles. The molecule has 6 aromatic rings. The fourth-order valence-electron chi connectivity index (χ4n) is 5.84.